The fraction of sp³-hybridized carbons (Fsp3) is 0.0588. The number of halogens is 1. The number of hydrogen-bond donors (Lipinski definition) is 0. The number of nitrogens with zero attached hydrogens (tertiary/aromatic N) is 2. The van der Waals surface area contributed by atoms with E-state index in [1.165, 1.54) is 11.6 Å². The Morgan fingerprint density at radius 3 is 2.26 bits per heavy atom. The van der Waals surface area contributed by atoms with Gasteiger partial charge in [0.1, 0.15) is 5.76 Å². The summed E-state index contributed by atoms with van der Waals surface area (Å²) in [5.41, 5.74) is 6.08. The third kappa shape index (κ3) is 5.33. The van der Waals surface area contributed by atoms with Crippen LogP contribution in [0.25, 0.3) is 17.4 Å². The Bertz CT molecular complexity index is 1650. The number of carbonyl (C=O) groups excluding carboxylic acids is 1. The molecule has 5 heteroatoms. The second-order valence-corrected chi connectivity index (χ2v) is 9.73. The van der Waals surface area contributed by atoms with Gasteiger partial charge in [0, 0.05) is 12.0 Å². The predicted molar refractivity (Wildman–Crippen MR) is 158 cm³/mol. The molecule has 0 saturated carbocycles. The molecule has 0 aliphatic carbocycles. The molecule has 0 saturated heterocycles. The standard InChI is InChI=1S/C34H25ClN2O2/c35-29-14-8-7-13-28(29)33-21-22-34(39-33)32(38)20-17-24-15-18-27(19-16-24)37-31(26-11-5-2-6-12-26)23-30(36-37)25-9-3-1-4-10-25/h1-22,31H,23H2. The van der Waals surface area contributed by atoms with Crippen molar-refractivity contribution in [3.05, 3.63) is 155 Å². The van der Waals surface area contributed by atoms with Crippen LogP contribution < -0.4 is 5.01 Å². The van der Waals surface area contributed by atoms with E-state index in [0.717, 1.165) is 34.5 Å². The van der Waals surface area contributed by atoms with Crippen molar-refractivity contribution < 1.29 is 9.21 Å². The molecule has 190 valence electrons. The Hall–Kier alpha value is -4.67. The first-order valence-electron chi connectivity index (χ1n) is 12.8. The van der Waals surface area contributed by atoms with E-state index in [0.29, 0.717) is 10.8 Å². The summed E-state index contributed by atoms with van der Waals surface area (Å²) in [7, 11) is 0. The highest BCUT2D eigenvalue weighted by molar-refractivity contribution is 6.33. The van der Waals surface area contributed by atoms with Crippen molar-refractivity contribution in [1.82, 2.24) is 0 Å². The zero-order chi connectivity index (χ0) is 26.6. The predicted octanol–water partition coefficient (Wildman–Crippen LogP) is 8.85. The molecule has 1 atom stereocenters. The van der Waals surface area contributed by atoms with Crippen molar-refractivity contribution in [3.8, 4) is 11.3 Å². The molecule has 0 bridgehead atoms. The van der Waals surface area contributed by atoms with Gasteiger partial charge in [0.2, 0.25) is 5.78 Å². The number of benzene rings is 4. The van der Waals surface area contributed by atoms with Gasteiger partial charge in [-0.25, -0.2) is 0 Å². The molecule has 0 fully saturated rings. The summed E-state index contributed by atoms with van der Waals surface area (Å²) >= 11 is 6.26. The van der Waals surface area contributed by atoms with Gasteiger partial charge in [-0.1, -0.05) is 103 Å². The third-order valence-electron chi connectivity index (χ3n) is 6.77. The van der Waals surface area contributed by atoms with Crippen LogP contribution in [0.15, 0.2) is 137 Å². The summed E-state index contributed by atoms with van der Waals surface area (Å²) in [6, 6.07) is 39.8. The smallest absolute Gasteiger partial charge is 0.221 e. The number of rotatable bonds is 7. The number of anilines is 1. The lowest BCUT2D eigenvalue weighted by Crippen LogP contribution is -2.18. The summed E-state index contributed by atoms with van der Waals surface area (Å²) in [5.74, 6) is 0.622. The second kappa shape index (κ2) is 11.0. The van der Waals surface area contributed by atoms with E-state index in [9.17, 15) is 4.79 Å². The largest absolute Gasteiger partial charge is 0.453 e. The lowest BCUT2D eigenvalue weighted by Gasteiger charge is -2.24. The molecule has 5 aromatic rings. The van der Waals surface area contributed by atoms with Crippen LogP contribution in [0.5, 0.6) is 0 Å². The molecule has 4 aromatic carbocycles. The maximum Gasteiger partial charge on any atom is 0.221 e. The molecule has 6 rings (SSSR count). The molecular weight excluding hydrogens is 504 g/mol. The van der Waals surface area contributed by atoms with Gasteiger partial charge < -0.3 is 4.42 Å². The minimum atomic E-state index is -0.210. The molecule has 0 N–H and O–H groups in total. The van der Waals surface area contributed by atoms with Gasteiger partial charge in [-0.3, -0.25) is 9.80 Å². The molecule has 1 unspecified atom stereocenters. The lowest BCUT2D eigenvalue weighted by molar-refractivity contribution is 0.102. The Morgan fingerprint density at radius 1 is 0.821 bits per heavy atom. The molecule has 1 aliphatic rings. The van der Waals surface area contributed by atoms with Crippen molar-refractivity contribution >= 4 is 34.9 Å². The van der Waals surface area contributed by atoms with Crippen LogP contribution in [0, 0.1) is 0 Å². The van der Waals surface area contributed by atoms with Crippen LogP contribution in [0.3, 0.4) is 0 Å². The van der Waals surface area contributed by atoms with Crippen LogP contribution in [0.1, 0.15) is 39.7 Å². The zero-order valence-electron chi connectivity index (χ0n) is 21.1. The first kappa shape index (κ1) is 24.7. The average Bonchev–Trinajstić information content (AvgIpc) is 3.66. The van der Waals surface area contributed by atoms with Crippen molar-refractivity contribution in [2.24, 2.45) is 5.10 Å². The van der Waals surface area contributed by atoms with E-state index in [-0.39, 0.29) is 17.6 Å². The van der Waals surface area contributed by atoms with Crippen LogP contribution in [0.4, 0.5) is 5.69 Å². The molecule has 2 heterocycles. The molecule has 0 amide bonds. The molecule has 39 heavy (non-hydrogen) atoms. The van der Waals surface area contributed by atoms with Gasteiger partial charge in [0.15, 0.2) is 5.76 Å². The Balaban J connectivity index is 1.21. The number of carbonyl (C=O) groups is 1. The number of ketones is 1. The molecular formula is C34H25ClN2O2. The lowest BCUT2D eigenvalue weighted by atomic mass is 9.98. The van der Waals surface area contributed by atoms with E-state index in [2.05, 4.69) is 41.4 Å². The van der Waals surface area contributed by atoms with E-state index in [4.69, 9.17) is 21.1 Å². The van der Waals surface area contributed by atoms with Crippen molar-refractivity contribution in [2.75, 3.05) is 5.01 Å². The maximum absolute atomic E-state index is 12.8. The maximum atomic E-state index is 12.8. The Labute approximate surface area is 232 Å². The molecule has 0 radical (unpaired) electrons. The highest BCUT2D eigenvalue weighted by Gasteiger charge is 2.29. The Kier molecular flexibility index (Phi) is 6.94. The van der Waals surface area contributed by atoms with Crippen LogP contribution >= 0.6 is 11.6 Å². The molecule has 1 aliphatic heterocycles. The van der Waals surface area contributed by atoms with Gasteiger partial charge >= 0.3 is 0 Å². The van der Waals surface area contributed by atoms with Crippen LogP contribution in [0.2, 0.25) is 5.02 Å². The number of hydrazone groups is 1. The van der Waals surface area contributed by atoms with Crippen molar-refractivity contribution in [3.63, 3.8) is 0 Å². The van der Waals surface area contributed by atoms with E-state index in [1.807, 2.05) is 66.7 Å². The first-order chi connectivity index (χ1) is 19.2. The monoisotopic (exact) mass is 528 g/mol. The summed E-state index contributed by atoms with van der Waals surface area (Å²) in [5, 5.41) is 7.69. The number of hydrogen-bond acceptors (Lipinski definition) is 4. The highest BCUT2D eigenvalue weighted by Crippen LogP contribution is 2.37. The summed E-state index contributed by atoms with van der Waals surface area (Å²) in [6.45, 7) is 0. The Morgan fingerprint density at radius 2 is 1.51 bits per heavy atom. The fourth-order valence-corrected chi connectivity index (χ4v) is 4.99. The third-order valence-corrected chi connectivity index (χ3v) is 7.10. The summed E-state index contributed by atoms with van der Waals surface area (Å²) < 4.78 is 5.78. The highest BCUT2D eigenvalue weighted by atomic mass is 35.5. The zero-order valence-corrected chi connectivity index (χ0v) is 21.8. The minimum Gasteiger partial charge on any atom is -0.453 e. The van der Waals surface area contributed by atoms with Gasteiger partial charge in [-0.15, -0.1) is 0 Å². The van der Waals surface area contributed by atoms with E-state index >= 15 is 0 Å². The fourth-order valence-electron chi connectivity index (χ4n) is 4.76. The molecule has 0 spiro atoms. The van der Waals surface area contributed by atoms with Gasteiger partial charge in [-0.05, 0) is 59.2 Å². The SMILES string of the molecule is O=C(C=Cc1ccc(N2N=C(c3ccccc3)CC2c2ccccc2)cc1)c1ccc(-c2ccccc2Cl)o1. The van der Waals surface area contributed by atoms with Crippen LogP contribution in [-0.2, 0) is 0 Å². The number of allylic oxidation sites excluding steroid dienone is 1. The van der Waals surface area contributed by atoms with E-state index in [1.54, 1.807) is 24.3 Å². The van der Waals surface area contributed by atoms with Gasteiger partial charge in [0.25, 0.3) is 0 Å². The van der Waals surface area contributed by atoms with E-state index < -0.39 is 0 Å². The quantitative estimate of drug-likeness (QED) is 0.156. The second-order valence-electron chi connectivity index (χ2n) is 9.32. The van der Waals surface area contributed by atoms with Crippen LogP contribution in [-0.4, -0.2) is 11.5 Å². The summed E-state index contributed by atoms with van der Waals surface area (Å²) in [6.07, 6.45) is 4.14. The van der Waals surface area contributed by atoms with Gasteiger partial charge in [-0.2, -0.15) is 5.10 Å². The first-order valence-corrected chi connectivity index (χ1v) is 13.2. The normalized spacial score (nSPS) is 15.1. The molecule has 4 nitrogen and oxygen atoms in total. The average molecular weight is 529 g/mol. The van der Waals surface area contributed by atoms with Crippen molar-refractivity contribution in [2.45, 2.75) is 12.5 Å². The topological polar surface area (TPSA) is 45.8 Å². The molecule has 1 aromatic heterocycles. The van der Waals surface area contributed by atoms with Gasteiger partial charge in [0.05, 0.1) is 22.5 Å². The number of furan rings is 1. The minimum absolute atomic E-state index is 0.107. The van der Waals surface area contributed by atoms with Crippen molar-refractivity contribution in [1.29, 1.82) is 0 Å². The summed E-state index contributed by atoms with van der Waals surface area (Å²) in [4.78, 5) is 12.8.